The Morgan fingerprint density at radius 1 is 1.14 bits per heavy atom. The van der Waals surface area contributed by atoms with Crippen molar-refractivity contribution in [2.75, 3.05) is 14.2 Å². The minimum Gasteiger partial charge on any atom is -0.507 e. The van der Waals surface area contributed by atoms with E-state index in [4.69, 9.17) is 14.2 Å². The molecular weight excluding hydrogens is 268 g/mol. The monoisotopic (exact) mass is 288 g/mol. The molecule has 1 heterocycles. The van der Waals surface area contributed by atoms with Gasteiger partial charge >= 0.3 is 0 Å². The lowest BCUT2D eigenvalue weighted by Crippen LogP contribution is -2.22. The number of benzene rings is 2. The molecule has 0 aromatic heterocycles. The van der Waals surface area contributed by atoms with Crippen LogP contribution in [0.2, 0.25) is 0 Å². The average molecular weight is 288 g/mol. The van der Waals surface area contributed by atoms with Crippen molar-refractivity contribution in [1.29, 1.82) is 0 Å². The van der Waals surface area contributed by atoms with Gasteiger partial charge < -0.3 is 19.3 Å². The molecule has 0 amide bonds. The second kappa shape index (κ2) is 5.11. The van der Waals surface area contributed by atoms with Gasteiger partial charge in [0.15, 0.2) is 0 Å². The van der Waals surface area contributed by atoms with Crippen LogP contribution >= 0.6 is 0 Å². The van der Waals surface area contributed by atoms with E-state index in [9.17, 15) is 5.11 Å². The first-order valence-corrected chi connectivity index (χ1v) is 7.11. The lowest BCUT2D eigenvalue weighted by Gasteiger charge is -2.29. The number of phenolic OH excluding ortho intramolecular Hbond substituents is 1. The highest BCUT2D eigenvalue weighted by molar-refractivity contribution is 5.96. The van der Waals surface area contributed by atoms with Crippen LogP contribution in [0.15, 0.2) is 18.2 Å². The third kappa shape index (κ3) is 2.20. The zero-order chi connectivity index (χ0) is 15.1. The molecule has 0 saturated carbocycles. The van der Waals surface area contributed by atoms with E-state index in [1.165, 1.54) is 0 Å². The Balaban J connectivity index is 2.33. The number of rotatable bonds is 2. The van der Waals surface area contributed by atoms with Crippen molar-refractivity contribution in [2.45, 2.75) is 32.5 Å². The summed E-state index contributed by atoms with van der Waals surface area (Å²) in [6, 6.07) is 5.80. The quantitative estimate of drug-likeness (QED) is 0.917. The van der Waals surface area contributed by atoms with Gasteiger partial charge in [-0.2, -0.15) is 0 Å². The lowest BCUT2D eigenvalue weighted by atomic mass is 9.90. The number of hydrogen-bond acceptors (Lipinski definition) is 4. The maximum atomic E-state index is 10.7. The number of ether oxygens (including phenoxy) is 3. The molecule has 21 heavy (non-hydrogen) atoms. The van der Waals surface area contributed by atoms with E-state index in [1.54, 1.807) is 20.3 Å². The van der Waals surface area contributed by atoms with E-state index in [0.29, 0.717) is 16.9 Å². The first-order valence-electron chi connectivity index (χ1n) is 7.11. The summed E-state index contributed by atoms with van der Waals surface area (Å²) in [5.74, 6) is 1.57. The summed E-state index contributed by atoms with van der Waals surface area (Å²) in [5.41, 5.74) is 1.99. The standard InChI is InChI=1S/C17H20O4/c1-9-5-11-6-12-7-13(19-3)8-14(20-4)16(12)17(18)15(11)10(2)21-9/h6-10,18H,5H2,1-4H3. The fraction of sp³-hybridized carbons (Fsp3) is 0.412. The number of methoxy groups -OCH3 is 2. The van der Waals surface area contributed by atoms with E-state index in [2.05, 4.69) is 6.07 Å². The summed E-state index contributed by atoms with van der Waals surface area (Å²) >= 11 is 0. The van der Waals surface area contributed by atoms with E-state index >= 15 is 0 Å². The van der Waals surface area contributed by atoms with E-state index in [1.807, 2.05) is 19.9 Å². The maximum Gasteiger partial charge on any atom is 0.134 e. The molecule has 0 aliphatic carbocycles. The molecule has 0 radical (unpaired) electrons. The van der Waals surface area contributed by atoms with Crippen LogP contribution < -0.4 is 9.47 Å². The molecule has 1 aliphatic heterocycles. The van der Waals surface area contributed by atoms with Gasteiger partial charge in [-0.1, -0.05) is 6.07 Å². The Morgan fingerprint density at radius 3 is 2.57 bits per heavy atom. The fourth-order valence-electron chi connectivity index (χ4n) is 3.21. The Morgan fingerprint density at radius 2 is 1.90 bits per heavy atom. The Kier molecular flexibility index (Phi) is 3.41. The van der Waals surface area contributed by atoms with E-state index in [0.717, 1.165) is 22.9 Å². The van der Waals surface area contributed by atoms with Crippen molar-refractivity contribution < 1.29 is 19.3 Å². The van der Waals surface area contributed by atoms with Crippen molar-refractivity contribution >= 4 is 10.8 Å². The second-order valence-corrected chi connectivity index (χ2v) is 5.52. The van der Waals surface area contributed by atoms with Gasteiger partial charge in [-0.15, -0.1) is 0 Å². The molecule has 0 saturated heterocycles. The molecular formula is C17H20O4. The van der Waals surface area contributed by atoms with Gasteiger partial charge in [-0.3, -0.25) is 0 Å². The maximum absolute atomic E-state index is 10.7. The van der Waals surface area contributed by atoms with Gasteiger partial charge in [0.2, 0.25) is 0 Å². The van der Waals surface area contributed by atoms with Gasteiger partial charge in [0.05, 0.1) is 31.8 Å². The normalized spacial score (nSPS) is 21.1. The highest BCUT2D eigenvalue weighted by Crippen LogP contribution is 2.45. The summed E-state index contributed by atoms with van der Waals surface area (Å²) < 4.78 is 16.6. The fourth-order valence-corrected chi connectivity index (χ4v) is 3.21. The summed E-state index contributed by atoms with van der Waals surface area (Å²) in [6.07, 6.45) is 0.819. The molecule has 3 rings (SSSR count). The molecule has 1 aliphatic rings. The molecule has 112 valence electrons. The van der Waals surface area contributed by atoms with Crippen LogP contribution in [0.4, 0.5) is 0 Å². The number of aromatic hydroxyl groups is 1. The Labute approximate surface area is 124 Å². The van der Waals surface area contributed by atoms with Gasteiger partial charge in [-0.25, -0.2) is 0 Å². The van der Waals surface area contributed by atoms with Crippen LogP contribution in [0.25, 0.3) is 10.8 Å². The zero-order valence-corrected chi connectivity index (χ0v) is 12.8. The molecule has 2 aromatic rings. The summed E-state index contributed by atoms with van der Waals surface area (Å²) in [7, 11) is 3.21. The predicted octanol–water partition coefficient (Wildman–Crippen LogP) is 3.58. The molecule has 4 heteroatoms. The van der Waals surface area contributed by atoms with Crippen LogP contribution in [0.1, 0.15) is 31.1 Å². The first kappa shape index (κ1) is 14.0. The highest BCUT2D eigenvalue weighted by Gasteiger charge is 2.27. The predicted molar refractivity (Wildman–Crippen MR) is 81.4 cm³/mol. The van der Waals surface area contributed by atoms with Gasteiger partial charge in [-0.05, 0) is 37.3 Å². The van der Waals surface area contributed by atoms with Gasteiger partial charge in [0.25, 0.3) is 0 Å². The number of fused-ring (bicyclic) bond motifs is 2. The van der Waals surface area contributed by atoms with E-state index in [-0.39, 0.29) is 18.0 Å². The van der Waals surface area contributed by atoms with Crippen molar-refractivity contribution in [3.63, 3.8) is 0 Å². The summed E-state index contributed by atoms with van der Waals surface area (Å²) in [4.78, 5) is 0. The lowest BCUT2D eigenvalue weighted by molar-refractivity contribution is -0.00582. The molecule has 0 spiro atoms. The number of hydrogen-bond donors (Lipinski definition) is 1. The molecule has 1 N–H and O–H groups in total. The molecule has 2 unspecified atom stereocenters. The molecule has 2 aromatic carbocycles. The molecule has 4 nitrogen and oxygen atoms in total. The average Bonchev–Trinajstić information content (AvgIpc) is 2.44. The van der Waals surface area contributed by atoms with Gasteiger partial charge in [0.1, 0.15) is 17.2 Å². The van der Waals surface area contributed by atoms with Crippen LogP contribution in [0.3, 0.4) is 0 Å². The second-order valence-electron chi connectivity index (χ2n) is 5.52. The van der Waals surface area contributed by atoms with Crippen molar-refractivity contribution in [3.05, 3.63) is 29.3 Å². The van der Waals surface area contributed by atoms with Crippen LogP contribution in [0.5, 0.6) is 17.2 Å². The van der Waals surface area contributed by atoms with Crippen LogP contribution in [0, 0.1) is 0 Å². The Bertz CT molecular complexity index is 693. The zero-order valence-electron chi connectivity index (χ0n) is 12.8. The molecule has 0 fully saturated rings. The number of phenols is 1. The van der Waals surface area contributed by atoms with Gasteiger partial charge in [0, 0.05) is 11.6 Å². The molecule has 2 atom stereocenters. The topological polar surface area (TPSA) is 47.9 Å². The minimum atomic E-state index is -0.125. The third-order valence-corrected chi connectivity index (χ3v) is 4.08. The van der Waals surface area contributed by atoms with Crippen molar-refractivity contribution in [1.82, 2.24) is 0 Å². The summed E-state index contributed by atoms with van der Waals surface area (Å²) in [5, 5.41) is 12.4. The molecule has 0 bridgehead atoms. The third-order valence-electron chi connectivity index (χ3n) is 4.08. The Hall–Kier alpha value is -1.94. The van der Waals surface area contributed by atoms with Crippen LogP contribution in [-0.4, -0.2) is 25.4 Å². The van der Waals surface area contributed by atoms with Crippen LogP contribution in [-0.2, 0) is 11.2 Å². The first-order chi connectivity index (χ1) is 10.0. The minimum absolute atomic E-state index is 0.125. The summed E-state index contributed by atoms with van der Waals surface area (Å²) in [6.45, 7) is 4.02. The highest BCUT2D eigenvalue weighted by atomic mass is 16.5. The largest absolute Gasteiger partial charge is 0.507 e. The SMILES string of the molecule is COc1cc(OC)c2c(O)c3c(cc2c1)CC(C)OC3C. The van der Waals surface area contributed by atoms with Crippen molar-refractivity contribution in [2.24, 2.45) is 0 Å². The smallest absolute Gasteiger partial charge is 0.134 e. The van der Waals surface area contributed by atoms with E-state index < -0.39 is 0 Å². The van der Waals surface area contributed by atoms with Crippen molar-refractivity contribution in [3.8, 4) is 17.2 Å².